The molecule has 0 atom stereocenters. The molecule has 0 saturated heterocycles. The van der Waals surface area contributed by atoms with Crippen molar-refractivity contribution < 1.29 is 13.2 Å². The van der Waals surface area contributed by atoms with Crippen molar-refractivity contribution in [2.45, 2.75) is 32.6 Å². The predicted molar refractivity (Wildman–Crippen MR) is 68.7 cm³/mol. The summed E-state index contributed by atoms with van der Waals surface area (Å²) in [6.45, 7) is 7.86. The summed E-state index contributed by atoms with van der Waals surface area (Å²) in [7, 11) is -3.45. The number of Topliss-reactive ketones (excluding diaryl/α,β-unsaturated/α-hetero) is 1. The van der Waals surface area contributed by atoms with Gasteiger partial charge < -0.3 is 0 Å². The lowest BCUT2D eigenvalue weighted by Crippen LogP contribution is -2.36. The Morgan fingerprint density at radius 3 is 2.12 bits per heavy atom. The summed E-state index contributed by atoms with van der Waals surface area (Å²) in [5.41, 5.74) is 0.279. The van der Waals surface area contributed by atoms with Gasteiger partial charge in [0, 0.05) is 5.56 Å². The quantitative estimate of drug-likeness (QED) is 0.775. The largest absolute Gasteiger partial charge is 0.293 e. The smallest absolute Gasteiger partial charge is 0.241 e. The zero-order valence-corrected chi connectivity index (χ0v) is 11.5. The molecule has 1 heterocycles. The lowest BCUT2D eigenvalue weighted by molar-refractivity contribution is 0.0990. The molecule has 4 nitrogen and oxygen atoms in total. The first-order valence-corrected chi connectivity index (χ1v) is 7.21. The number of benzene rings is 1. The molecule has 5 heteroatoms. The van der Waals surface area contributed by atoms with E-state index in [1.807, 2.05) is 27.7 Å². The van der Waals surface area contributed by atoms with Gasteiger partial charge in [-0.25, -0.2) is 13.1 Å². The molecular formula is C12H19NO3S. The van der Waals surface area contributed by atoms with Gasteiger partial charge in [0.2, 0.25) is 10.0 Å². The Morgan fingerprint density at radius 1 is 1.06 bits per heavy atom. The topological polar surface area (TPSA) is 63.2 Å². The Kier molecular flexibility index (Phi) is 6.68. The SMILES string of the molecule is CC.CC.O=C1CNS(=O)(=O)c2ccccc21. The number of ketones is 1. The highest BCUT2D eigenvalue weighted by Crippen LogP contribution is 2.18. The number of fused-ring (bicyclic) bond motifs is 1. The Hall–Kier alpha value is -1.20. The zero-order valence-electron chi connectivity index (χ0n) is 10.6. The average molecular weight is 257 g/mol. The highest BCUT2D eigenvalue weighted by Gasteiger charge is 2.27. The summed E-state index contributed by atoms with van der Waals surface area (Å²) in [4.78, 5) is 11.3. The van der Waals surface area contributed by atoms with Gasteiger partial charge in [0.1, 0.15) is 0 Å². The first-order chi connectivity index (χ1) is 8.11. The molecule has 0 aromatic heterocycles. The van der Waals surface area contributed by atoms with Crippen molar-refractivity contribution in [3.8, 4) is 0 Å². The maximum atomic E-state index is 11.4. The van der Waals surface area contributed by atoms with Crippen molar-refractivity contribution in [1.29, 1.82) is 0 Å². The Balaban J connectivity index is 0.000000581. The predicted octanol–water partition coefficient (Wildman–Crippen LogP) is 2.21. The van der Waals surface area contributed by atoms with Crippen LogP contribution in [0.3, 0.4) is 0 Å². The molecule has 96 valence electrons. The second-order valence-electron chi connectivity index (χ2n) is 2.74. The third-order valence-electron chi connectivity index (χ3n) is 1.90. The number of rotatable bonds is 0. The minimum absolute atomic E-state index is 0.0752. The van der Waals surface area contributed by atoms with E-state index in [0.29, 0.717) is 0 Å². The van der Waals surface area contributed by atoms with Crippen LogP contribution >= 0.6 is 0 Å². The molecule has 2 rings (SSSR count). The lowest BCUT2D eigenvalue weighted by atomic mass is 10.1. The maximum Gasteiger partial charge on any atom is 0.241 e. The van der Waals surface area contributed by atoms with Crippen molar-refractivity contribution in [3.63, 3.8) is 0 Å². The van der Waals surface area contributed by atoms with Crippen molar-refractivity contribution in [3.05, 3.63) is 29.8 Å². The molecule has 0 spiro atoms. The molecule has 1 aliphatic heterocycles. The monoisotopic (exact) mass is 257 g/mol. The molecule has 0 saturated carbocycles. The summed E-state index contributed by atoms with van der Waals surface area (Å²) in [6, 6.07) is 6.19. The number of nitrogens with one attached hydrogen (secondary N) is 1. The lowest BCUT2D eigenvalue weighted by Gasteiger charge is -2.15. The van der Waals surface area contributed by atoms with Crippen LogP contribution in [-0.2, 0) is 10.0 Å². The van der Waals surface area contributed by atoms with E-state index in [-0.39, 0.29) is 22.8 Å². The second kappa shape index (κ2) is 7.19. The Labute approximate surface area is 103 Å². The third kappa shape index (κ3) is 3.64. The van der Waals surface area contributed by atoms with Crippen LogP contribution in [-0.4, -0.2) is 20.7 Å². The van der Waals surface area contributed by atoms with E-state index >= 15 is 0 Å². The number of carbonyl (C=O) groups excluding carboxylic acids is 1. The first-order valence-electron chi connectivity index (χ1n) is 5.73. The van der Waals surface area contributed by atoms with E-state index < -0.39 is 10.0 Å². The van der Waals surface area contributed by atoms with Crippen LogP contribution in [0.15, 0.2) is 29.2 Å². The molecule has 0 unspecified atom stereocenters. The number of carbonyl (C=O) groups is 1. The number of hydrogen-bond acceptors (Lipinski definition) is 3. The van der Waals surface area contributed by atoms with Gasteiger partial charge in [-0.1, -0.05) is 39.8 Å². The molecule has 0 fully saturated rings. The van der Waals surface area contributed by atoms with E-state index in [1.54, 1.807) is 12.1 Å². The fraction of sp³-hybridized carbons (Fsp3) is 0.417. The van der Waals surface area contributed by atoms with Gasteiger partial charge in [0.05, 0.1) is 11.4 Å². The van der Waals surface area contributed by atoms with Crippen LogP contribution in [0, 0.1) is 0 Å². The van der Waals surface area contributed by atoms with Crippen LogP contribution < -0.4 is 4.72 Å². The van der Waals surface area contributed by atoms with E-state index in [9.17, 15) is 13.2 Å². The Morgan fingerprint density at radius 2 is 1.59 bits per heavy atom. The van der Waals surface area contributed by atoms with Gasteiger partial charge in [-0.2, -0.15) is 0 Å². The molecule has 0 bridgehead atoms. The van der Waals surface area contributed by atoms with Crippen molar-refractivity contribution in [2.75, 3.05) is 6.54 Å². The summed E-state index contributed by atoms with van der Waals surface area (Å²) < 4.78 is 24.9. The molecule has 0 amide bonds. The molecule has 0 radical (unpaired) electrons. The number of sulfonamides is 1. The average Bonchev–Trinajstić information content (AvgIpc) is 2.40. The fourth-order valence-corrected chi connectivity index (χ4v) is 2.47. The standard InChI is InChI=1S/C8H7NO3S.2C2H6/c10-7-5-9-13(11,12)8-4-2-1-3-6(7)8;2*1-2/h1-4,9H,5H2;2*1-2H3. The van der Waals surface area contributed by atoms with Crippen LogP contribution in [0.1, 0.15) is 38.1 Å². The van der Waals surface area contributed by atoms with Crippen molar-refractivity contribution >= 4 is 15.8 Å². The van der Waals surface area contributed by atoms with Gasteiger partial charge in [-0.05, 0) is 12.1 Å². The second-order valence-corrected chi connectivity index (χ2v) is 4.48. The molecule has 1 aromatic carbocycles. The van der Waals surface area contributed by atoms with E-state index in [1.165, 1.54) is 12.1 Å². The number of hydrogen-bond donors (Lipinski definition) is 1. The van der Waals surface area contributed by atoms with E-state index in [4.69, 9.17) is 0 Å². The summed E-state index contributed by atoms with van der Waals surface area (Å²) in [6.07, 6.45) is 0. The normalized spacial score (nSPS) is 15.6. The van der Waals surface area contributed by atoms with Crippen molar-refractivity contribution in [1.82, 2.24) is 4.72 Å². The van der Waals surface area contributed by atoms with Gasteiger partial charge in [0.15, 0.2) is 5.78 Å². The van der Waals surface area contributed by atoms with Crippen LogP contribution in [0.25, 0.3) is 0 Å². The molecule has 1 N–H and O–H groups in total. The third-order valence-corrected chi connectivity index (χ3v) is 3.36. The van der Waals surface area contributed by atoms with Crippen LogP contribution in [0.4, 0.5) is 0 Å². The molecule has 17 heavy (non-hydrogen) atoms. The first kappa shape index (κ1) is 15.8. The van der Waals surface area contributed by atoms with E-state index in [0.717, 1.165) is 0 Å². The van der Waals surface area contributed by atoms with E-state index in [2.05, 4.69) is 4.72 Å². The summed E-state index contributed by atoms with van der Waals surface area (Å²) >= 11 is 0. The van der Waals surface area contributed by atoms with Crippen LogP contribution in [0.5, 0.6) is 0 Å². The highest BCUT2D eigenvalue weighted by atomic mass is 32.2. The van der Waals surface area contributed by atoms with Gasteiger partial charge in [-0.3, -0.25) is 4.79 Å². The summed E-state index contributed by atoms with van der Waals surface area (Å²) in [5, 5.41) is 0. The maximum absolute atomic E-state index is 11.4. The van der Waals surface area contributed by atoms with Gasteiger partial charge in [-0.15, -0.1) is 0 Å². The molecule has 1 aromatic rings. The van der Waals surface area contributed by atoms with Crippen molar-refractivity contribution in [2.24, 2.45) is 0 Å². The van der Waals surface area contributed by atoms with Gasteiger partial charge in [0.25, 0.3) is 0 Å². The molecule has 0 aliphatic carbocycles. The molecule has 1 aliphatic rings. The van der Waals surface area contributed by atoms with Gasteiger partial charge >= 0.3 is 0 Å². The summed E-state index contributed by atoms with van der Waals surface area (Å²) in [5.74, 6) is -0.189. The highest BCUT2D eigenvalue weighted by molar-refractivity contribution is 7.89. The minimum atomic E-state index is -3.45. The molecular weight excluding hydrogens is 238 g/mol. The zero-order chi connectivity index (χ0) is 13.5. The Bertz CT molecular complexity index is 466. The van der Waals surface area contributed by atoms with Crippen LogP contribution in [0.2, 0.25) is 0 Å². The minimum Gasteiger partial charge on any atom is -0.293 e. The fourth-order valence-electron chi connectivity index (χ4n) is 1.26.